The molecule has 0 fully saturated rings. The molecule has 3 heteroatoms. The van der Waals surface area contributed by atoms with Gasteiger partial charge in [-0.3, -0.25) is 0 Å². The molecule has 0 saturated carbocycles. The second kappa shape index (κ2) is 13.0. The molecule has 0 amide bonds. The molecule has 0 aliphatic heterocycles. The first-order chi connectivity index (χ1) is 28.2. The Bertz CT molecular complexity index is 3000. The van der Waals surface area contributed by atoms with Gasteiger partial charge >= 0.3 is 0 Å². The lowest BCUT2D eigenvalue weighted by molar-refractivity contribution is 0.794. The van der Waals surface area contributed by atoms with Crippen molar-refractivity contribution in [3.8, 4) is 84.5 Å². The minimum absolute atomic E-state index is 0.523. The molecule has 2 aliphatic rings. The minimum atomic E-state index is -0.523. The number of rotatable bonds is 5. The quantitative estimate of drug-likeness (QED) is 0.178. The highest BCUT2D eigenvalue weighted by atomic mass is 14.9. The van der Waals surface area contributed by atoms with Gasteiger partial charge in [-0.1, -0.05) is 182 Å². The molecule has 8 aromatic carbocycles. The zero-order valence-electron chi connectivity index (χ0n) is 30.9. The summed E-state index contributed by atoms with van der Waals surface area (Å²) < 4.78 is 0. The first kappa shape index (κ1) is 32.7. The summed E-state index contributed by atoms with van der Waals surface area (Å²) in [5.74, 6) is 0.691. The molecule has 1 aromatic heterocycles. The van der Waals surface area contributed by atoms with Gasteiger partial charge in [0.1, 0.15) is 0 Å². The molecule has 0 saturated heterocycles. The number of nitrogens with zero attached hydrogens (tertiary/aromatic N) is 3. The molecule has 0 N–H and O–H groups in total. The van der Waals surface area contributed by atoms with Crippen LogP contribution in [0.1, 0.15) is 27.8 Å². The second-order valence-electron chi connectivity index (χ2n) is 14.8. The predicted molar refractivity (Wildman–Crippen MR) is 230 cm³/mol. The molecule has 0 radical (unpaired) electrons. The maximum atomic E-state index is 10.4. The van der Waals surface area contributed by atoms with E-state index in [9.17, 15) is 5.26 Å². The number of benzene rings is 8. The van der Waals surface area contributed by atoms with Crippen molar-refractivity contribution in [2.75, 3.05) is 0 Å². The molecule has 0 bridgehead atoms. The van der Waals surface area contributed by atoms with E-state index in [4.69, 9.17) is 9.97 Å². The first-order valence-corrected chi connectivity index (χ1v) is 19.3. The average Bonchev–Trinajstić information content (AvgIpc) is 3.77. The normalized spacial score (nSPS) is 12.7. The van der Waals surface area contributed by atoms with E-state index in [1.807, 2.05) is 36.4 Å². The largest absolute Gasteiger partial charge is 0.228 e. The highest BCUT2D eigenvalue weighted by Crippen LogP contribution is 2.63. The predicted octanol–water partition coefficient (Wildman–Crippen LogP) is 13.0. The van der Waals surface area contributed by atoms with E-state index in [1.54, 1.807) is 0 Å². The molecule has 1 heterocycles. The monoisotopic (exact) mass is 723 g/mol. The fourth-order valence-corrected chi connectivity index (χ4v) is 9.22. The van der Waals surface area contributed by atoms with Gasteiger partial charge in [-0.2, -0.15) is 5.26 Å². The Morgan fingerprint density at radius 3 is 1.42 bits per heavy atom. The lowest BCUT2D eigenvalue weighted by Crippen LogP contribution is -2.25. The summed E-state index contributed by atoms with van der Waals surface area (Å²) in [5, 5.41) is 10.4. The van der Waals surface area contributed by atoms with Crippen LogP contribution in [0.15, 0.2) is 200 Å². The van der Waals surface area contributed by atoms with Gasteiger partial charge in [0.15, 0.2) is 5.82 Å². The van der Waals surface area contributed by atoms with Crippen LogP contribution in [0.5, 0.6) is 0 Å². The number of hydrogen-bond donors (Lipinski definition) is 0. The topological polar surface area (TPSA) is 49.6 Å². The fourth-order valence-electron chi connectivity index (χ4n) is 9.22. The Morgan fingerprint density at radius 1 is 0.351 bits per heavy atom. The van der Waals surface area contributed by atoms with E-state index in [2.05, 4.69) is 170 Å². The van der Waals surface area contributed by atoms with Crippen LogP contribution in [0.4, 0.5) is 0 Å². The highest BCUT2D eigenvalue weighted by Gasteiger charge is 2.52. The van der Waals surface area contributed by atoms with Gasteiger partial charge in [0, 0.05) is 22.3 Å². The number of hydrogen-bond acceptors (Lipinski definition) is 3. The van der Waals surface area contributed by atoms with E-state index in [1.165, 1.54) is 44.5 Å². The van der Waals surface area contributed by atoms with Crippen molar-refractivity contribution in [1.29, 1.82) is 5.26 Å². The third-order valence-electron chi connectivity index (χ3n) is 11.8. The molecule has 3 nitrogen and oxygen atoms in total. The summed E-state index contributed by atoms with van der Waals surface area (Å²) in [6, 6.07) is 73.1. The third kappa shape index (κ3) is 5.05. The zero-order valence-corrected chi connectivity index (χ0v) is 30.9. The fraction of sp³-hybridized carbons (Fsp3) is 0.0185. The molecule has 264 valence electrons. The van der Waals surface area contributed by atoms with Crippen LogP contribution in [0.25, 0.3) is 78.4 Å². The second-order valence-corrected chi connectivity index (χ2v) is 14.8. The molecule has 1 spiro atoms. The molecule has 9 aromatic rings. The molecular formula is C54H33N3. The minimum Gasteiger partial charge on any atom is -0.228 e. The SMILES string of the molecule is N#Cc1cccc2c1-c1ccc(-c3ccc(-c4cc(-c5ccc(-c6ccccc6)cc5)nc(-c5ccccc5)n4)cc3)cc1C21c2ccccc2-c2ccccc21. The van der Waals surface area contributed by atoms with Crippen molar-refractivity contribution < 1.29 is 0 Å². The third-order valence-corrected chi connectivity index (χ3v) is 11.8. The first-order valence-electron chi connectivity index (χ1n) is 19.3. The van der Waals surface area contributed by atoms with Gasteiger partial charge < -0.3 is 0 Å². The Balaban J connectivity index is 1.02. The molecule has 0 atom stereocenters. The average molecular weight is 724 g/mol. The van der Waals surface area contributed by atoms with Gasteiger partial charge in [0.2, 0.25) is 0 Å². The summed E-state index contributed by atoms with van der Waals surface area (Å²) in [6.45, 7) is 0. The van der Waals surface area contributed by atoms with Crippen LogP contribution in [-0.2, 0) is 5.41 Å². The summed E-state index contributed by atoms with van der Waals surface area (Å²) in [5.41, 5.74) is 19.1. The van der Waals surface area contributed by atoms with Crippen LogP contribution in [-0.4, -0.2) is 9.97 Å². The Hall–Kier alpha value is -7.67. The van der Waals surface area contributed by atoms with Gasteiger partial charge in [-0.15, -0.1) is 0 Å². The van der Waals surface area contributed by atoms with Crippen LogP contribution < -0.4 is 0 Å². The number of nitriles is 1. The van der Waals surface area contributed by atoms with E-state index >= 15 is 0 Å². The van der Waals surface area contributed by atoms with Crippen LogP contribution in [0.3, 0.4) is 0 Å². The Morgan fingerprint density at radius 2 is 0.825 bits per heavy atom. The van der Waals surface area contributed by atoms with Crippen LogP contribution in [0.2, 0.25) is 0 Å². The van der Waals surface area contributed by atoms with Gasteiger partial charge in [-0.25, -0.2) is 9.97 Å². The van der Waals surface area contributed by atoms with E-state index in [0.717, 1.165) is 50.3 Å². The Kier molecular flexibility index (Phi) is 7.45. The van der Waals surface area contributed by atoms with Gasteiger partial charge in [0.05, 0.1) is 28.4 Å². The number of fused-ring (bicyclic) bond motifs is 10. The molecule has 57 heavy (non-hydrogen) atoms. The molecule has 11 rings (SSSR count). The zero-order chi connectivity index (χ0) is 37.9. The smallest absolute Gasteiger partial charge is 0.160 e. The van der Waals surface area contributed by atoms with Crippen molar-refractivity contribution in [1.82, 2.24) is 9.97 Å². The van der Waals surface area contributed by atoms with Crippen LogP contribution in [0, 0.1) is 11.3 Å². The maximum absolute atomic E-state index is 10.4. The van der Waals surface area contributed by atoms with Crippen molar-refractivity contribution >= 4 is 0 Å². The summed E-state index contributed by atoms with van der Waals surface area (Å²) in [4.78, 5) is 10.2. The molecule has 2 aliphatic carbocycles. The Labute approximate surface area is 331 Å². The van der Waals surface area contributed by atoms with Crippen molar-refractivity contribution in [3.05, 3.63) is 228 Å². The lowest BCUT2D eigenvalue weighted by atomic mass is 9.70. The van der Waals surface area contributed by atoms with Gasteiger partial charge in [-0.05, 0) is 79.4 Å². The summed E-state index contributed by atoms with van der Waals surface area (Å²) in [7, 11) is 0. The standard InChI is InChI=1S/C54H33N3/c55-34-42-16-11-21-48-52(42)45-31-30-41(32-49(45)54(48)46-19-9-7-17-43(46)44-18-8-10-20-47(44)54)37-24-28-39(29-25-37)51-33-50(56-53(57-51)40-14-5-2-6-15-40)38-26-22-36(23-27-38)35-12-3-1-4-13-35/h1-33H. The van der Waals surface area contributed by atoms with E-state index in [0.29, 0.717) is 11.4 Å². The molecular weight excluding hydrogens is 691 g/mol. The van der Waals surface area contributed by atoms with Gasteiger partial charge in [0.25, 0.3) is 0 Å². The van der Waals surface area contributed by atoms with Crippen molar-refractivity contribution in [2.45, 2.75) is 5.41 Å². The van der Waals surface area contributed by atoms with Crippen molar-refractivity contribution in [2.24, 2.45) is 0 Å². The summed E-state index contributed by atoms with van der Waals surface area (Å²) >= 11 is 0. The van der Waals surface area contributed by atoms with E-state index in [-0.39, 0.29) is 0 Å². The summed E-state index contributed by atoms with van der Waals surface area (Å²) in [6.07, 6.45) is 0. The lowest BCUT2D eigenvalue weighted by Gasteiger charge is -2.30. The van der Waals surface area contributed by atoms with Crippen LogP contribution >= 0.6 is 0 Å². The number of aromatic nitrogens is 2. The molecule has 0 unspecified atom stereocenters. The van der Waals surface area contributed by atoms with Crippen molar-refractivity contribution in [3.63, 3.8) is 0 Å². The highest BCUT2D eigenvalue weighted by molar-refractivity contribution is 5.97. The van der Waals surface area contributed by atoms with E-state index < -0.39 is 5.41 Å². The maximum Gasteiger partial charge on any atom is 0.160 e.